The zero-order chi connectivity index (χ0) is 14.4. The Hall–Kier alpha value is -1.70. The molecule has 1 fully saturated rings. The molecule has 20 heavy (non-hydrogen) atoms. The summed E-state index contributed by atoms with van der Waals surface area (Å²) < 4.78 is 1.64. The zero-order valence-corrected chi connectivity index (χ0v) is 11.0. The van der Waals surface area contributed by atoms with Crippen molar-refractivity contribution in [1.82, 2.24) is 14.5 Å². The number of carboxylic acid groups (broad SMARTS) is 1. The molecule has 106 valence electrons. The van der Waals surface area contributed by atoms with E-state index in [1.165, 1.54) is 12.5 Å². The lowest BCUT2D eigenvalue weighted by atomic mass is 10.1. The highest BCUT2D eigenvalue weighted by atomic mass is 35.5. The summed E-state index contributed by atoms with van der Waals surface area (Å²) >= 11 is 5.93. The number of aromatic nitrogens is 3. The molecule has 4 atom stereocenters. The SMILES string of the molecule is O=C(O)[C@H]1C[C@@H](n2cnc3c(Cl)nccc32)[C@H](O)[C@@H]1O. The van der Waals surface area contributed by atoms with Crippen molar-refractivity contribution < 1.29 is 20.1 Å². The summed E-state index contributed by atoms with van der Waals surface area (Å²) in [5, 5.41) is 29.2. The van der Waals surface area contributed by atoms with E-state index in [1.54, 1.807) is 10.6 Å². The van der Waals surface area contributed by atoms with Gasteiger partial charge in [0.2, 0.25) is 0 Å². The van der Waals surface area contributed by atoms with Gasteiger partial charge in [-0.3, -0.25) is 4.79 Å². The van der Waals surface area contributed by atoms with Crippen LogP contribution in [0.4, 0.5) is 0 Å². The summed E-state index contributed by atoms with van der Waals surface area (Å²) in [6, 6.07) is 1.12. The summed E-state index contributed by atoms with van der Waals surface area (Å²) in [4.78, 5) is 19.1. The number of halogens is 1. The third kappa shape index (κ3) is 1.86. The quantitative estimate of drug-likeness (QED) is 0.695. The number of carbonyl (C=O) groups is 1. The van der Waals surface area contributed by atoms with E-state index in [0.717, 1.165) is 0 Å². The topological polar surface area (TPSA) is 108 Å². The fourth-order valence-corrected chi connectivity index (χ4v) is 2.92. The van der Waals surface area contributed by atoms with Gasteiger partial charge in [0.1, 0.15) is 11.6 Å². The first-order chi connectivity index (χ1) is 9.50. The Kier molecular flexibility index (Phi) is 3.12. The normalized spacial score (nSPS) is 29.9. The number of carboxylic acids is 1. The maximum Gasteiger partial charge on any atom is 0.309 e. The van der Waals surface area contributed by atoms with Crippen LogP contribution in [0.1, 0.15) is 12.5 Å². The Bertz CT molecular complexity index is 674. The van der Waals surface area contributed by atoms with E-state index in [1.807, 2.05) is 0 Å². The average Bonchev–Trinajstić information content (AvgIpc) is 2.94. The minimum Gasteiger partial charge on any atom is -0.481 e. The molecule has 0 aromatic carbocycles. The number of aliphatic carboxylic acids is 1. The number of nitrogens with zero attached hydrogens (tertiary/aromatic N) is 3. The third-order valence-electron chi connectivity index (χ3n) is 3.77. The van der Waals surface area contributed by atoms with Crippen molar-refractivity contribution in [3.8, 4) is 0 Å². The standard InChI is InChI=1S/C12H12ClN3O4/c13-11-8-6(1-2-14-11)16(4-15-8)7-3-5(12(19)20)9(17)10(7)18/h1-2,4-5,7,9-10,17-18H,3H2,(H,19,20)/t5-,7+,9+,10-/m0/s1. The van der Waals surface area contributed by atoms with Gasteiger partial charge >= 0.3 is 5.97 Å². The molecule has 2 aromatic heterocycles. The molecule has 8 heteroatoms. The molecule has 0 radical (unpaired) electrons. The van der Waals surface area contributed by atoms with Crippen LogP contribution in [0, 0.1) is 5.92 Å². The van der Waals surface area contributed by atoms with E-state index < -0.39 is 30.1 Å². The second-order valence-corrected chi connectivity index (χ2v) is 5.21. The van der Waals surface area contributed by atoms with Gasteiger partial charge < -0.3 is 19.9 Å². The first-order valence-electron chi connectivity index (χ1n) is 6.06. The second kappa shape index (κ2) is 4.69. The average molecular weight is 298 g/mol. The van der Waals surface area contributed by atoms with Gasteiger partial charge in [0.15, 0.2) is 5.15 Å². The van der Waals surface area contributed by atoms with Gasteiger partial charge in [-0.05, 0) is 12.5 Å². The summed E-state index contributed by atoms with van der Waals surface area (Å²) in [5.41, 5.74) is 1.13. The molecule has 3 N–H and O–H groups in total. The van der Waals surface area contributed by atoms with Crippen molar-refractivity contribution in [1.29, 1.82) is 0 Å². The third-order valence-corrected chi connectivity index (χ3v) is 4.05. The van der Waals surface area contributed by atoms with Gasteiger partial charge in [0.05, 0.1) is 29.9 Å². The van der Waals surface area contributed by atoms with Crippen LogP contribution in [0.5, 0.6) is 0 Å². The van der Waals surface area contributed by atoms with Gasteiger partial charge in [0, 0.05) is 6.20 Å². The Labute approximate surface area is 118 Å². The molecule has 7 nitrogen and oxygen atoms in total. The maximum atomic E-state index is 11.1. The van der Waals surface area contributed by atoms with Crippen LogP contribution in [0.2, 0.25) is 5.15 Å². The number of fused-ring (bicyclic) bond motifs is 1. The molecule has 0 saturated heterocycles. The van der Waals surface area contributed by atoms with Crippen molar-refractivity contribution in [3.63, 3.8) is 0 Å². The number of hydrogen-bond acceptors (Lipinski definition) is 5. The molecule has 3 rings (SSSR count). The number of rotatable bonds is 2. The van der Waals surface area contributed by atoms with E-state index in [4.69, 9.17) is 16.7 Å². The molecule has 1 saturated carbocycles. The monoisotopic (exact) mass is 297 g/mol. The number of hydrogen-bond donors (Lipinski definition) is 3. The lowest BCUT2D eigenvalue weighted by Crippen LogP contribution is -2.32. The summed E-state index contributed by atoms with van der Waals surface area (Å²) in [6.45, 7) is 0. The molecule has 1 aliphatic rings. The van der Waals surface area contributed by atoms with Crippen LogP contribution >= 0.6 is 11.6 Å². The highest BCUT2D eigenvalue weighted by Gasteiger charge is 2.46. The van der Waals surface area contributed by atoms with Gasteiger partial charge in [-0.1, -0.05) is 11.6 Å². The van der Waals surface area contributed by atoms with Crippen LogP contribution in [-0.4, -0.2) is 48.0 Å². The fourth-order valence-electron chi connectivity index (χ4n) is 2.72. The van der Waals surface area contributed by atoms with Crippen LogP contribution < -0.4 is 0 Å². The number of pyridine rings is 1. The molecular formula is C12H12ClN3O4. The lowest BCUT2D eigenvalue weighted by molar-refractivity contribution is -0.145. The molecule has 0 amide bonds. The van der Waals surface area contributed by atoms with E-state index >= 15 is 0 Å². The molecular weight excluding hydrogens is 286 g/mol. The first kappa shape index (κ1) is 13.3. The van der Waals surface area contributed by atoms with E-state index in [2.05, 4.69) is 9.97 Å². The van der Waals surface area contributed by atoms with Crippen molar-refractivity contribution in [2.45, 2.75) is 24.7 Å². The maximum absolute atomic E-state index is 11.1. The zero-order valence-electron chi connectivity index (χ0n) is 10.2. The molecule has 0 aliphatic heterocycles. The Morgan fingerprint density at radius 3 is 2.75 bits per heavy atom. The Balaban J connectivity index is 2.04. The number of aliphatic hydroxyl groups excluding tert-OH is 2. The van der Waals surface area contributed by atoms with Crippen molar-refractivity contribution in [3.05, 3.63) is 23.7 Å². The van der Waals surface area contributed by atoms with Crippen LogP contribution in [0.15, 0.2) is 18.6 Å². The lowest BCUT2D eigenvalue weighted by Gasteiger charge is -2.18. The molecule has 0 unspecified atom stereocenters. The van der Waals surface area contributed by atoms with E-state index in [9.17, 15) is 15.0 Å². The van der Waals surface area contributed by atoms with Crippen molar-refractivity contribution in [2.75, 3.05) is 0 Å². The molecule has 2 heterocycles. The minimum atomic E-state index is -1.30. The molecule has 1 aliphatic carbocycles. The van der Waals surface area contributed by atoms with Crippen LogP contribution in [0.3, 0.4) is 0 Å². The highest BCUT2D eigenvalue weighted by molar-refractivity contribution is 6.33. The summed E-state index contributed by atoms with van der Waals surface area (Å²) in [7, 11) is 0. The highest BCUT2D eigenvalue weighted by Crippen LogP contribution is 2.37. The largest absolute Gasteiger partial charge is 0.481 e. The molecule has 0 spiro atoms. The predicted molar refractivity (Wildman–Crippen MR) is 69.3 cm³/mol. The van der Waals surface area contributed by atoms with E-state index in [0.29, 0.717) is 11.0 Å². The molecule has 0 bridgehead atoms. The Morgan fingerprint density at radius 1 is 1.35 bits per heavy atom. The van der Waals surface area contributed by atoms with Crippen molar-refractivity contribution in [2.24, 2.45) is 5.92 Å². The molecule has 2 aromatic rings. The minimum absolute atomic E-state index is 0.128. The van der Waals surface area contributed by atoms with E-state index in [-0.39, 0.29) is 11.6 Å². The van der Waals surface area contributed by atoms with Crippen LogP contribution in [-0.2, 0) is 4.79 Å². The smallest absolute Gasteiger partial charge is 0.309 e. The summed E-state index contributed by atoms with van der Waals surface area (Å²) in [5.74, 6) is -2.12. The van der Waals surface area contributed by atoms with Gasteiger partial charge in [0.25, 0.3) is 0 Å². The van der Waals surface area contributed by atoms with Crippen LogP contribution in [0.25, 0.3) is 11.0 Å². The number of imidazole rings is 1. The summed E-state index contributed by atoms with van der Waals surface area (Å²) in [6.07, 6.45) is 0.647. The van der Waals surface area contributed by atoms with Gasteiger partial charge in [-0.15, -0.1) is 0 Å². The first-order valence-corrected chi connectivity index (χ1v) is 6.44. The second-order valence-electron chi connectivity index (χ2n) is 4.85. The van der Waals surface area contributed by atoms with Gasteiger partial charge in [-0.25, -0.2) is 9.97 Å². The fraction of sp³-hybridized carbons (Fsp3) is 0.417. The Morgan fingerprint density at radius 2 is 2.10 bits per heavy atom. The number of aliphatic hydroxyl groups is 2. The van der Waals surface area contributed by atoms with Crippen molar-refractivity contribution >= 4 is 28.6 Å². The van der Waals surface area contributed by atoms with Gasteiger partial charge in [-0.2, -0.15) is 0 Å². The predicted octanol–water partition coefficient (Wildman–Crippen LogP) is 0.452.